The summed E-state index contributed by atoms with van der Waals surface area (Å²) in [5.41, 5.74) is 14.8. The molecule has 0 aliphatic carbocycles. The standard InChI is InChI=1S/C28H32N8O2/c1-7-37-27-19(23-11-9-15(3)17(5)35(23)33-27)13-22-20(29)14-21(30)26(31-22)32-25-24-12-10-16(4)18(6)36(24)34-28(25)38-8-2/h9-12,14,29H,7-8,13,30H2,1-6H3. The molecule has 38 heavy (non-hydrogen) atoms. The fraction of sp³-hybridized carbons (Fsp3) is 0.321. The highest BCUT2D eigenvalue weighted by atomic mass is 16.5. The summed E-state index contributed by atoms with van der Waals surface area (Å²) in [7, 11) is 0. The molecule has 1 aliphatic heterocycles. The molecule has 0 aromatic carbocycles. The van der Waals surface area contributed by atoms with Crippen molar-refractivity contribution in [3.05, 3.63) is 64.1 Å². The van der Waals surface area contributed by atoms with Crippen molar-refractivity contribution in [1.82, 2.24) is 19.2 Å². The zero-order valence-electron chi connectivity index (χ0n) is 22.6. The highest BCUT2D eigenvalue weighted by Crippen LogP contribution is 2.34. The molecule has 4 aromatic rings. The summed E-state index contributed by atoms with van der Waals surface area (Å²) < 4.78 is 15.4. The van der Waals surface area contributed by atoms with Crippen molar-refractivity contribution in [2.75, 3.05) is 13.2 Å². The van der Waals surface area contributed by atoms with Crippen LogP contribution in [0.25, 0.3) is 11.0 Å². The minimum absolute atomic E-state index is 0.225. The first-order valence-corrected chi connectivity index (χ1v) is 12.7. The summed E-state index contributed by atoms with van der Waals surface area (Å²) in [6, 6.07) is 8.08. The number of allylic oxidation sites excluding steroid dienone is 1. The second-order valence-electron chi connectivity index (χ2n) is 9.29. The molecule has 0 spiro atoms. The summed E-state index contributed by atoms with van der Waals surface area (Å²) >= 11 is 0. The molecule has 0 saturated heterocycles. The van der Waals surface area contributed by atoms with Crippen molar-refractivity contribution in [2.45, 2.75) is 48.0 Å². The monoisotopic (exact) mass is 512 g/mol. The Balaban J connectivity index is 1.62. The predicted octanol–water partition coefficient (Wildman–Crippen LogP) is 4.60. The lowest BCUT2D eigenvalue weighted by Gasteiger charge is -2.14. The molecule has 0 saturated carbocycles. The van der Waals surface area contributed by atoms with Crippen LogP contribution in [0.2, 0.25) is 0 Å². The fourth-order valence-corrected chi connectivity index (χ4v) is 4.47. The Labute approximate surface area is 221 Å². The Bertz CT molecular complexity index is 1690. The number of nitrogens with one attached hydrogen (secondary N) is 1. The molecule has 0 fully saturated rings. The summed E-state index contributed by atoms with van der Waals surface area (Å²) in [6.07, 6.45) is 1.93. The summed E-state index contributed by atoms with van der Waals surface area (Å²) in [4.78, 5) is 9.57. The SMILES string of the molecule is CCOc1nn2c(C)c(C)ccc2c1CC1=NC(=Nc2c(OCC)nn3c(C)c(C)ccc23)C(N)=CC1=N. The lowest BCUT2D eigenvalue weighted by atomic mass is 10.0. The van der Waals surface area contributed by atoms with E-state index < -0.39 is 0 Å². The van der Waals surface area contributed by atoms with E-state index >= 15 is 0 Å². The van der Waals surface area contributed by atoms with Crippen LogP contribution in [-0.2, 0) is 6.42 Å². The van der Waals surface area contributed by atoms with Gasteiger partial charge in [-0.1, -0.05) is 12.1 Å². The highest BCUT2D eigenvalue weighted by Gasteiger charge is 2.24. The second-order valence-corrected chi connectivity index (χ2v) is 9.29. The van der Waals surface area contributed by atoms with Crippen LogP contribution in [-0.4, -0.2) is 49.7 Å². The van der Waals surface area contributed by atoms with Crippen LogP contribution < -0.4 is 15.2 Å². The molecule has 10 nitrogen and oxygen atoms in total. The number of hydrogen-bond acceptors (Lipinski definition) is 7. The van der Waals surface area contributed by atoms with Crippen molar-refractivity contribution in [2.24, 2.45) is 15.7 Å². The number of nitrogens with two attached hydrogens (primary N) is 1. The van der Waals surface area contributed by atoms with Crippen LogP contribution in [0.15, 0.2) is 46.0 Å². The van der Waals surface area contributed by atoms with E-state index in [0.29, 0.717) is 54.3 Å². The molecule has 4 aromatic heterocycles. The van der Waals surface area contributed by atoms with Crippen molar-refractivity contribution in [3.8, 4) is 11.8 Å². The zero-order chi connectivity index (χ0) is 27.1. The molecule has 0 unspecified atom stereocenters. The molecule has 5 rings (SSSR count). The van der Waals surface area contributed by atoms with E-state index in [4.69, 9.17) is 35.7 Å². The molecule has 0 radical (unpaired) electrons. The van der Waals surface area contributed by atoms with Gasteiger partial charge in [-0.3, -0.25) is 5.41 Å². The number of aliphatic imine (C=N–C) groups is 2. The molecule has 1 aliphatic rings. The van der Waals surface area contributed by atoms with Gasteiger partial charge in [0.25, 0.3) is 5.88 Å². The van der Waals surface area contributed by atoms with Gasteiger partial charge < -0.3 is 15.2 Å². The van der Waals surface area contributed by atoms with Gasteiger partial charge in [0.05, 0.1) is 41.4 Å². The number of aryl methyl sites for hydroxylation is 4. The first kappa shape index (κ1) is 25.2. The first-order valence-electron chi connectivity index (χ1n) is 12.7. The van der Waals surface area contributed by atoms with Gasteiger partial charge >= 0.3 is 0 Å². The van der Waals surface area contributed by atoms with Crippen LogP contribution in [0.5, 0.6) is 11.8 Å². The van der Waals surface area contributed by atoms with Crippen molar-refractivity contribution >= 4 is 34.0 Å². The number of amidine groups is 1. The maximum Gasteiger partial charge on any atom is 0.260 e. The Morgan fingerprint density at radius 2 is 1.45 bits per heavy atom. The number of pyridine rings is 2. The smallest absolute Gasteiger partial charge is 0.260 e. The average molecular weight is 513 g/mol. The molecule has 5 heterocycles. The largest absolute Gasteiger partial charge is 0.477 e. The van der Waals surface area contributed by atoms with Gasteiger partial charge in [0.1, 0.15) is 0 Å². The van der Waals surface area contributed by atoms with E-state index in [2.05, 4.69) is 11.2 Å². The molecule has 0 bridgehead atoms. The van der Waals surface area contributed by atoms with Crippen LogP contribution >= 0.6 is 0 Å². The number of nitrogens with zero attached hydrogens (tertiary/aromatic N) is 6. The first-order chi connectivity index (χ1) is 18.2. The van der Waals surface area contributed by atoms with E-state index in [0.717, 1.165) is 39.1 Å². The average Bonchev–Trinajstić information content (AvgIpc) is 3.41. The highest BCUT2D eigenvalue weighted by molar-refractivity contribution is 6.50. The minimum atomic E-state index is 0.225. The van der Waals surface area contributed by atoms with Gasteiger partial charge in [0.2, 0.25) is 5.88 Å². The number of rotatable bonds is 7. The van der Waals surface area contributed by atoms with Gasteiger partial charge in [-0.15, -0.1) is 10.2 Å². The maximum atomic E-state index is 8.62. The second kappa shape index (κ2) is 9.77. The van der Waals surface area contributed by atoms with Crippen molar-refractivity contribution < 1.29 is 9.47 Å². The van der Waals surface area contributed by atoms with Crippen LogP contribution in [0.4, 0.5) is 5.69 Å². The van der Waals surface area contributed by atoms with Gasteiger partial charge in [-0.2, -0.15) is 0 Å². The molecule has 0 atom stereocenters. The normalized spacial score (nSPS) is 14.9. The Kier molecular flexibility index (Phi) is 6.48. The maximum absolute atomic E-state index is 8.62. The number of ether oxygens (including phenoxy) is 2. The van der Waals surface area contributed by atoms with E-state index in [1.807, 2.05) is 68.8 Å². The Hall–Kier alpha value is -4.47. The van der Waals surface area contributed by atoms with E-state index in [-0.39, 0.29) is 5.71 Å². The number of dihydropyridines is 1. The molecule has 10 heteroatoms. The number of hydrogen-bond donors (Lipinski definition) is 2. The topological polar surface area (TPSA) is 128 Å². The van der Waals surface area contributed by atoms with Gasteiger partial charge in [0, 0.05) is 23.4 Å². The third kappa shape index (κ3) is 4.21. The van der Waals surface area contributed by atoms with Gasteiger partial charge in [-0.25, -0.2) is 19.0 Å². The van der Waals surface area contributed by atoms with Crippen LogP contribution in [0.3, 0.4) is 0 Å². The summed E-state index contributed by atoms with van der Waals surface area (Å²) in [6.45, 7) is 12.9. The van der Waals surface area contributed by atoms with Gasteiger partial charge in [-0.05, 0) is 70.9 Å². The molecular weight excluding hydrogens is 480 g/mol. The zero-order valence-corrected chi connectivity index (χ0v) is 22.6. The lowest BCUT2D eigenvalue weighted by molar-refractivity contribution is 0.322. The lowest BCUT2D eigenvalue weighted by Crippen LogP contribution is -2.25. The number of fused-ring (bicyclic) bond motifs is 2. The van der Waals surface area contributed by atoms with E-state index in [1.165, 1.54) is 0 Å². The molecule has 196 valence electrons. The minimum Gasteiger partial charge on any atom is -0.477 e. The van der Waals surface area contributed by atoms with Gasteiger partial charge in [0.15, 0.2) is 11.5 Å². The summed E-state index contributed by atoms with van der Waals surface area (Å²) in [5, 5.41) is 18.0. The van der Waals surface area contributed by atoms with E-state index in [1.54, 1.807) is 6.08 Å². The molecule has 3 N–H and O–H groups in total. The Morgan fingerprint density at radius 1 is 0.868 bits per heavy atom. The Morgan fingerprint density at radius 3 is 2.11 bits per heavy atom. The number of aromatic nitrogens is 4. The quantitative estimate of drug-likeness (QED) is 0.374. The van der Waals surface area contributed by atoms with Crippen LogP contribution in [0.1, 0.15) is 41.9 Å². The fourth-order valence-electron chi connectivity index (χ4n) is 4.47. The van der Waals surface area contributed by atoms with Crippen LogP contribution in [0, 0.1) is 33.1 Å². The molecular formula is C28H32N8O2. The molecule has 0 amide bonds. The third-order valence-electron chi connectivity index (χ3n) is 6.84. The predicted molar refractivity (Wildman–Crippen MR) is 150 cm³/mol. The third-order valence-corrected chi connectivity index (χ3v) is 6.84. The van der Waals surface area contributed by atoms with Crippen molar-refractivity contribution in [3.63, 3.8) is 0 Å². The summed E-state index contributed by atoms with van der Waals surface area (Å²) in [5.74, 6) is 1.25. The van der Waals surface area contributed by atoms with Crippen molar-refractivity contribution in [1.29, 1.82) is 5.41 Å². The van der Waals surface area contributed by atoms with E-state index in [9.17, 15) is 0 Å².